The molecule has 2 nitrogen and oxygen atoms in total. The van der Waals surface area contributed by atoms with Gasteiger partial charge in [0, 0.05) is 6.04 Å². The zero-order chi connectivity index (χ0) is 9.99. The molecule has 0 aliphatic rings. The predicted molar refractivity (Wildman–Crippen MR) is 57.6 cm³/mol. The lowest BCUT2D eigenvalue weighted by molar-refractivity contribution is -0.132. The molecule has 0 N–H and O–H groups in total. The van der Waals surface area contributed by atoms with Crippen LogP contribution in [-0.2, 0) is 9.22 Å². The normalized spacial score (nSPS) is 12.8. The van der Waals surface area contributed by atoms with Gasteiger partial charge in [-0.2, -0.15) is 0 Å². The summed E-state index contributed by atoms with van der Waals surface area (Å²) in [5, 5.41) is 0. The van der Waals surface area contributed by atoms with E-state index >= 15 is 0 Å². The van der Waals surface area contributed by atoms with E-state index in [-0.39, 0.29) is 5.97 Å². The van der Waals surface area contributed by atoms with Gasteiger partial charge in [0.1, 0.15) is 0 Å². The highest BCUT2D eigenvalue weighted by Crippen LogP contribution is 2.12. The summed E-state index contributed by atoms with van der Waals surface area (Å²) in [7, 11) is -2.92. The Morgan fingerprint density at radius 2 is 1.50 bits per heavy atom. The van der Waals surface area contributed by atoms with Crippen molar-refractivity contribution in [1.29, 1.82) is 0 Å². The van der Waals surface area contributed by atoms with Crippen LogP contribution in [-0.4, -0.2) is 22.4 Å². The van der Waals surface area contributed by atoms with E-state index in [4.69, 9.17) is 4.43 Å². The minimum atomic E-state index is -1.65. The van der Waals surface area contributed by atoms with Gasteiger partial charge in [-0.3, -0.25) is 4.79 Å². The molecule has 0 aromatic carbocycles. The molecule has 0 unspecified atom stereocenters. The molecule has 0 amide bonds. The Hall–Kier alpha value is -0.0962. The Bertz CT molecular complexity index is 147. The first kappa shape index (κ1) is 11.9. The molecule has 0 rings (SSSR count). The van der Waals surface area contributed by atoms with Gasteiger partial charge in [-0.1, -0.05) is 19.6 Å². The fourth-order valence-electron chi connectivity index (χ4n) is 0.811. The third-order valence-corrected chi connectivity index (χ3v) is 3.28. The minimum Gasteiger partial charge on any atom is -0.520 e. The second-order valence-corrected chi connectivity index (χ2v) is 15.2. The Morgan fingerprint density at radius 1 is 1.08 bits per heavy atom. The van der Waals surface area contributed by atoms with E-state index in [9.17, 15) is 4.79 Å². The molecule has 0 heterocycles. The van der Waals surface area contributed by atoms with Crippen molar-refractivity contribution in [2.75, 3.05) is 0 Å². The smallest absolute Gasteiger partial charge is 0.289 e. The van der Waals surface area contributed by atoms with Crippen molar-refractivity contribution in [3.8, 4) is 0 Å². The average Bonchev–Trinajstić information content (AvgIpc) is 1.49. The number of carbonyl (C=O) groups is 1. The molecular formula is C8H20O2Si2. The lowest BCUT2D eigenvalue weighted by Crippen LogP contribution is -2.33. The summed E-state index contributed by atoms with van der Waals surface area (Å²) in [4.78, 5) is 11.3. The summed E-state index contributed by atoms with van der Waals surface area (Å²) >= 11 is 0. The third-order valence-electron chi connectivity index (χ3n) is 1.09. The maximum atomic E-state index is 11.3. The standard InChI is InChI=1S/C8H20O2Si2/c1-11(2,3)7-8(9)10-12(4,5)6/h7H2,1-6H3. The highest BCUT2D eigenvalue weighted by molar-refractivity contribution is 6.79. The molecule has 0 aliphatic heterocycles. The van der Waals surface area contributed by atoms with Crippen molar-refractivity contribution < 1.29 is 9.22 Å². The molecule has 0 saturated heterocycles. The van der Waals surface area contributed by atoms with Crippen LogP contribution in [0.1, 0.15) is 0 Å². The van der Waals surface area contributed by atoms with Gasteiger partial charge in [0.05, 0.1) is 8.07 Å². The van der Waals surface area contributed by atoms with Crippen molar-refractivity contribution in [2.24, 2.45) is 0 Å². The molecule has 72 valence electrons. The van der Waals surface area contributed by atoms with Crippen LogP contribution in [0.5, 0.6) is 0 Å². The SMILES string of the molecule is C[Si](C)(C)CC(=O)O[Si](C)(C)C. The van der Waals surface area contributed by atoms with Crippen LogP contribution < -0.4 is 0 Å². The summed E-state index contributed by atoms with van der Waals surface area (Å²) < 4.78 is 5.35. The maximum Gasteiger partial charge on any atom is 0.289 e. The molecule has 0 atom stereocenters. The second-order valence-electron chi connectivity index (χ2n) is 5.32. The van der Waals surface area contributed by atoms with Crippen molar-refractivity contribution in [3.63, 3.8) is 0 Å². The van der Waals surface area contributed by atoms with Gasteiger partial charge in [0.25, 0.3) is 5.97 Å². The number of carbonyl (C=O) groups excluding carboxylic acids is 1. The van der Waals surface area contributed by atoms with E-state index in [1.807, 2.05) is 19.6 Å². The van der Waals surface area contributed by atoms with Crippen LogP contribution >= 0.6 is 0 Å². The van der Waals surface area contributed by atoms with E-state index in [0.29, 0.717) is 6.04 Å². The molecule has 0 aromatic rings. The first-order chi connectivity index (χ1) is 5.10. The van der Waals surface area contributed by atoms with Crippen LogP contribution in [0.15, 0.2) is 0 Å². The van der Waals surface area contributed by atoms with Crippen LogP contribution in [0.25, 0.3) is 0 Å². The lowest BCUT2D eigenvalue weighted by atomic mass is 10.8. The van der Waals surface area contributed by atoms with E-state index in [2.05, 4.69) is 19.6 Å². The average molecular weight is 204 g/mol. The zero-order valence-corrected chi connectivity index (χ0v) is 11.0. The van der Waals surface area contributed by atoms with Crippen molar-refractivity contribution in [1.82, 2.24) is 0 Å². The van der Waals surface area contributed by atoms with Crippen LogP contribution in [0.4, 0.5) is 0 Å². The molecular weight excluding hydrogens is 184 g/mol. The Kier molecular flexibility index (Phi) is 3.71. The highest BCUT2D eigenvalue weighted by atomic mass is 28.4. The molecule has 0 aliphatic carbocycles. The van der Waals surface area contributed by atoms with Crippen LogP contribution in [0, 0.1) is 0 Å². The van der Waals surface area contributed by atoms with Crippen molar-refractivity contribution in [3.05, 3.63) is 0 Å². The van der Waals surface area contributed by atoms with E-state index < -0.39 is 16.4 Å². The maximum absolute atomic E-state index is 11.3. The monoisotopic (exact) mass is 204 g/mol. The Labute approximate surface area is 77.5 Å². The number of hydrogen-bond donors (Lipinski definition) is 0. The largest absolute Gasteiger partial charge is 0.520 e. The van der Waals surface area contributed by atoms with Gasteiger partial charge in [-0.15, -0.1) is 0 Å². The lowest BCUT2D eigenvalue weighted by Gasteiger charge is -2.21. The first-order valence-corrected chi connectivity index (χ1v) is 11.4. The van der Waals surface area contributed by atoms with Gasteiger partial charge >= 0.3 is 0 Å². The molecule has 0 saturated carbocycles. The predicted octanol–water partition coefficient (Wildman–Crippen LogP) is 2.70. The molecule has 0 aromatic heterocycles. The Balaban J connectivity index is 3.92. The molecule has 0 bridgehead atoms. The zero-order valence-electron chi connectivity index (χ0n) is 9.02. The summed E-state index contributed by atoms with van der Waals surface area (Å²) in [5.74, 6) is 0.00772. The molecule has 0 spiro atoms. The third kappa shape index (κ3) is 8.00. The van der Waals surface area contributed by atoms with Gasteiger partial charge in [0.2, 0.25) is 8.32 Å². The summed E-state index contributed by atoms with van der Waals surface area (Å²) in [6.45, 7) is 12.6. The van der Waals surface area contributed by atoms with Crippen LogP contribution in [0.2, 0.25) is 45.3 Å². The molecule has 12 heavy (non-hydrogen) atoms. The quantitative estimate of drug-likeness (QED) is 0.661. The summed E-state index contributed by atoms with van der Waals surface area (Å²) in [5.41, 5.74) is 0. The van der Waals surface area contributed by atoms with Crippen LogP contribution in [0.3, 0.4) is 0 Å². The minimum absolute atomic E-state index is 0.00772. The molecule has 0 fully saturated rings. The summed E-state index contributed by atoms with van der Waals surface area (Å²) in [6, 6.07) is 0.650. The van der Waals surface area contributed by atoms with Gasteiger partial charge < -0.3 is 4.43 Å². The Morgan fingerprint density at radius 3 is 1.75 bits per heavy atom. The van der Waals surface area contributed by atoms with Crippen molar-refractivity contribution in [2.45, 2.75) is 45.3 Å². The van der Waals surface area contributed by atoms with Gasteiger partial charge in [0.15, 0.2) is 0 Å². The summed E-state index contributed by atoms with van der Waals surface area (Å²) in [6.07, 6.45) is 0. The van der Waals surface area contributed by atoms with Gasteiger partial charge in [-0.25, -0.2) is 0 Å². The first-order valence-electron chi connectivity index (χ1n) is 4.32. The van der Waals surface area contributed by atoms with Gasteiger partial charge in [-0.05, 0) is 19.6 Å². The topological polar surface area (TPSA) is 26.3 Å². The van der Waals surface area contributed by atoms with E-state index in [1.165, 1.54) is 0 Å². The highest BCUT2D eigenvalue weighted by Gasteiger charge is 2.24. The number of rotatable bonds is 3. The number of hydrogen-bond acceptors (Lipinski definition) is 2. The fraction of sp³-hybridized carbons (Fsp3) is 0.875. The van der Waals surface area contributed by atoms with E-state index in [1.54, 1.807) is 0 Å². The van der Waals surface area contributed by atoms with E-state index in [0.717, 1.165) is 0 Å². The second kappa shape index (κ2) is 3.74. The van der Waals surface area contributed by atoms with Crippen molar-refractivity contribution >= 4 is 22.4 Å². The molecule has 0 radical (unpaired) electrons. The fourth-order valence-corrected chi connectivity index (χ4v) is 2.65. The molecule has 4 heteroatoms.